The van der Waals surface area contributed by atoms with E-state index in [9.17, 15) is 9.59 Å². The number of carbonyl (C=O) groups excluding carboxylic acids is 2. The minimum Gasteiger partial charge on any atom is -0.332 e. The van der Waals surface area contributed by atoms with E-state index in [1.54, 1.807) is 4.90 Å². The normalized spacial score (nSPS) is 19.5. The van der Waals surface area contributed by atoms with Crippen molar-refractivity contribution >= 4 is 11.8 Å². The molecular weight excluding hydrogens is 336 g/mol. The van der Waals surface area contributed by atoms with Gasteiger partial charge in [0.25, 0.3) is 5.91 Å². The average molecular weight is 362 g/mol. The van der Waals surface area contributed by atoms with Gasteiger partial charge in [0, 0.05) is 18.7 Å². The van der Waals surface area contributed by atoms with E-state index < -0.39 is 0 Å². The Labute approximate surface area is 160 Å². The van der Waals surface area contributed by atoms with E-state index in [2.05, 4.69) is 32.9 Å². The Kier molecular flexibility index (Phi) is 4.29. The van der Waals surface area contributed by atoms with Crippen molar-refractivity contribution in [2.24, 2.45) is 0 Å². The van der Waals surface area contributed by atoms with Crippen molar-refractivity contribution in [1.82, 2.24) is 9.80 Å². The van der Waals surface area contributed by atoms with Crippen LogP contribution in [-0.4, -0.2) is 41.2 Å². The zero-order valence-corrected chi connectivity index (χ0v) is 16.2. The van der Waals surface area contributed by atoms with Crippen LogP contribution >= 0.6 is 0 Å². The van der Waals surface area contributed by atoms with E-state index in [-0.39, 0.29) is 29.8 Å². The number of benzene rings is 2. The first-order valence-corrected chi connectivity index (χ1v) is 9.62. The summed E-state index contributed by atoms with van der Waals surface area (Å²) in [6, 6.07) is 16.0. The minimum absolute atomic E-state index is 0.0333. The lowest BCUT2D eigenvalue weighted by Crippen LogP contribution is -2.55. The van der Waals surface area contributed by atoms with E-state index >= 15 is 0 Å². The Morgan fingerprint density at radius 2 is 1.74 bits per heavy atom. The van der Waals surface area contributed by atoms with Crippen molar-refractivity contribution in [3.8, 4) is 0 Å². The van der Waals surface area contributed by atoms with Crippen LogP contribution in [-0.2, 0) is 16.6 Å². The molecule has 0 saturated carbocycles. The number of piperazine rings is 1. The summed E-state index contributed by atoms with van der Waals surface area (Å²) < 4.78 is 0. The topological polar surface area (TPSA) is 40.6 Å². The summed E-state index contributed by atoms with van der Waals surface area (Å²) >= 11 is 0. The molecule has 4 heteroatoms. The molecular formula is C23H26N2O2. The fraction of sp³-hybridized carbons (Fsp3) is 0.391. The molecule has 1 fully saturated rings. The minimum atomic E-state index is -0.0634. The summed E-state index contributed by atoms with van der Waals surface area (Å²) in [5, 5.41) is 0. The maximum Gasteiger partial charge on any atom is 0.254 e. The van der Waals surface area contributed by atoms with E-state index in [0.717, 1.165) is 13.0 Å². The van der Waals surface area contributed by atoms with Crippen LogP contribution in [0.15, 0.2) is 48.5 Å². The molecule has 0 aliphatic carbocycles. The summed E-state index contributed by atoms with van der Waals surface area (Å²) in [5.41, 5.74) is 4.36. The Hall–Kier alpha value is -2.62. The van der Waals surface area contributed by atoms with Gasteiger partial charge in [-0.3, -0.25) is 9.59 Å². The van der Waals surface area contributed by atoms with Crippen molar-refractivity contribution < 1.29 is 9.59 Å². The highest BCUT2D eigenvalue weighted by Gasteiger charge is 2.38. The maximum absolute atomic E-state index is 13.0. The first-order valence-electron chi connectivity index (χ1n) is 9.62. The molecule has 0 unspecified atom stereocenters. The first-order chi connectivity index (χ1) is 12.8. The summed E-state index contributed by atoms with van der Waals surface area (Å²) in [6.07, 6.45) is 0.890. The second-order valence-electron chi connectivity index (χ2n) is 8.56. The van der Waals surface area contributed by atoms with Gasteiger partial charge in [0.1, 0.15) is 6.54 Å². The van der Waals surface area contributed by atoms with Crippen LogP contribution in [0.4, 0.5) is 0 Å². The van der Waals surface area contributed by atoms with Gasteiger partial charge in [-0.05, 0) is 40.7 Å². The van der Waals surface area contributed by atoms with Gasteiger partial charge in [-0.2, -0.15) is 0 Å². The summed E-state index contributed by atoms with van der Waals surface area (Å²) in [7, 11) is 0. The molecule has 2 heterocycles. The molecule has 4 nitrogen and oxygen atoms in total. The van der Waals surface area contributed by atoms with Crippen molar-refractivity contribution in [2.75, 3.05) is 19.6 Å². The molecule has 2 amide bonds. The largest absolute Gasteiger partial charge is 0.332 e. The lowest BCUT2D eigenvalue weighted by molar-refractivity contribution is -0.139. The lowest BCUT2D eigenvalue weighted by Gasteiger charge is -2.44. The third-order valence-electron chi connectivity index (χ3n) is 5.74. The first kappa shape index (κ1) is 17.8. The van der Waals surface area contributed by atoms with Crippen molar-refractivity contribution in [1.29, 1.82) is 0 Å². The van der Waals surface area contributed by atoms with Crippen LogP contribution < -0.4 is 0 Å². The second-order valence-corrected chi connectivity index (χ2v) is 8.56. The zero-order valence-electron chi connectivity index (χ0n) is 16.2. The number of hydrogen-bond acceptors (Lipinski definition) is 2. The molecule has 0 aromatic heterocycles. The van der Waals surface area contributed by atoms with Gasteiger partial charge >= 0.3 is 0 Å². The molecule has 27 heavy (non-hydrogen) atoms. The predicted octanol–water partition coefficient (Wildman–Crippen LogP) is 3.57. The Morgan fingerprint density at radius 1 is 1.04 bits per heavy atom. The van der Waals surface area contributed by atoms with Crippen LogP contribution in [0.1, 0.15) is 53.9 Å². The molecule has 0 radical (unpaired) electrons. The number of rotatable bonds is 1. The van der Waals surface area contributed by atoms with Crippen molar-refractivity contribution in [3.05, 3.63) is 70.8 Å². The molecule has 2 aliphatic heterocycles. The molecule has 1 atom stereocenters. The number of amides is 2. The third-order valence-corrected chi connectivity index (χ3v) is 5.74. The molecule has 2 aliphatic rings. The van der Waals surface area contributed by atoms with Crippen LogP contribution in [0, 0.1) is 0 Å². The van der Waals surface area contributed by atoms with Gasteiger partial charge in [-0.1, -0.05) is 57.2 Å². The van der Waals surface area contributed by atoms with E-state index in [1.165, 1.54) is 16.7 Å². The molecule has 1 saturated heterocycles. The second kappa shape index (κ2) is 6.52. The van der Waals surface area contributed by atoms with Gasteiger partial charge in [0.05, 0.1) is 6.04 Å². The van der Waals surface area contributed by atoms with Gasteiger partial charge in [0.2, 0.25) is 5.91 Å². The Bertz CT molecular complexity index is 880. The van der Waals surface area contributed by atoms with Crippen molar-refractivity contribution in [2.45, 2.75) is 38.6 Å². The summed E-state index contributed by atoms with van der Waals surface area (Å²) in [6.45, 7) is 7.93. The molecule has 4 rings (SSSR count). The number of fused-ring (bicyclic) bond motifs is 3. The Balaban J connectivity index is 1.58. The molecule has 2 aromatic rings. The van der Waals surface area contributed by atoms with Crippen LogP contribution in [0.25, 0.3) is 0 Å². The molecule has 0 N–H and O–H groups in total. The van der Waals surface area contributed by atoms with Crippen LogP contribution in [0.5, 0.6) is 0 Å². The standard InChI is InChI=1S/C23H26N2O2/c1-23(2,3)18-10-8-17(9-11-18)22(27)24-14-20-19-7-5-4-6-16(19)12-13-25(20)21(26)15-24/h4-11,20H,12-15H2,1-3H3/t20-/m1/s1. The van der Waals surface area contributed by atoms with Gasteiger partial charge in [-0.15, -0.1) is 0 Å². The van der Waals surface area contributed by atoms with Crippen LogP contribution in [0.3, 0.4) is 0 Å². The highest BCUT2D eigenvalue weighted by atomic mass is 16.2. The highest BCUT2D eigenvalue weighted by molar-refractivity contribution is 5.97. The van der Waals surface area contributed by atoms with Gasteiger partial charge in [-0.25, -0.2) is 0 Å². The fourth-order valence-electron chi connectivity index (χ4n) is 4.12. The number of hydrogen-bond donors (Lipinski definition) is 0. The molecule has 140 valence electrons. The average Bonchev–Trinajstić information content (AvgIpc) is 2.66. The van der Waals surface area contributed by atoms with E-state index in [4.69, 9.17) is 0 Å². The highest BCUT2D eigenvalue weighted by Crippen LogP contribution is 2.33. The number of nitrogens with zero attached hydrogens (tertiary/aromatic N) is 2. The Morgan fingerprint density at radius 3 is 2.44 bits per heavy atom. The fourth-order valence-corrected chi connectivity index (χ4v) is 4.12. The third kappa shape index (κ3) is 3.25. The van der Waals surface area contributed by atoms with Gasteiger partial charge < -0.3 is 9.80 Å². The molecule has 0 spiro atoms. The lowest BCUT2D eigenvalue weighted by atomic mass is 9.86. The number of carbonyl (C=O) groups is 2. The smallest absolute Gasteiger partial charge is 0.254 e. The monoisotopic (exact) mass is 362 g/mol. The molecule has 0 bridgehead atoms. The van der Waals surface area contributed by atoms with Crippen LogP contribution in [0.2, 0.25) is 0 Å². The van der Waals surface area contributed by atoms with E-state index in [0.29, 0.717) is 12.1 Å². The molecule has 2 aromatic carbocycles. The maximum atomic E-state index is 13.0. The zero-order chi connectivity index (χ0) is 19.2. The predicted molar refractivity (Wildman–Crippen MR) is 106 cm³/mol. The SMILES string of the molecule is CC(C)(C)c1ccc(C(=O)N2CC(=O)N3CCc4ccccc4[C@H]3C2)cc1. The van der Waals surface area contributed by atoms with E-state index in [1.807, 2.05) is 41.3 Å². The summed E-state index contributed by atoms with van der Waals surface area (Å²) in [4.78, 5) is 29.4. The quantitative estimate of drug-likeness (QED) is 0.778. The summed E-state index contributed by atoms with van der Waals surface area (Å²) in [5.74, 6) is -0.0214. The van der Waals surface area contributed by atoms with Gasteiger partial charge in [0.15, 0.2) is 0 Å². The van der Waals surface area contributed by atoms with Crippen molar-refractivity contribution in [3.63, 3.8) is 0 Å².